The minimum atomic E-state index is -4.18. The molecule has 0 saturated heterocycles. The Bertz CT molecular complexity index is 1390. The van der Waals surface area contributed by atoms with E-state index in [4.69, 9.17) is 0 Å². The van der Waals surface area contributed by atoms with Crippen molar-refractivity contribution in [2.75, 3.05) is 10.8 Å². The highest BCUT2D eigenvalue weighted by molar-refractivity contribution is 7.92. The number of hydrogen-bond acceptors (Lipinski definition) is 4. The van der Waals surface area contributed by atoms with Gasteiger partial charge in [-0.25, -0.2) is 12.8 Å². The van der Waals surface area contributed by atoms with Crippen molar-refractivity contribution in [1.29, 1.82) is 0 Å². The fraction of sp³-hybridized carbons (Fsp3) is 0.355. The Morgan fingerprint density at radius 2 is 1.57 bits per heavy atom. The molecule has 4 rings (SSSR count). The number of sulfonamides is 1. The van der Waals surface area contributed by atoms with Crippen LogP contribution in [0.25, 0.3) is 0 Å². The molecule has 0 heterocycles. The zero-order chi connectivity index (χ0) is 28.7. The van der Waals surface area contributed by atoms with Crippen LogP contribution in [0, 0.1) is 12.7 Å². The maximum atomic E-state index is 14.1. The molecule has 40 heavy (non-hydrogen) atoms. The first kappa shape index (κ1) is 29.3. The summed E-state index contributed by atoms with van der Waals surface area (Å²) in [6.45, 7) is 3.39. The number of nitrogens with zero attached hydrogens (tertiary/aromatic N) is 2. The van der Waals surface area contributed by atoms with E-state index in [2.05, 4.69) is 5.32 Å². The first-order valence-corrected chi connectivity index (χ1v) is 15.1. The molecular formula is C31H36FN3O4S. The van der Waals surface area contributed by atoms with Crippen LogP contribution in [-0.2, 0) is 26.2 Å². The maximum absolute atomic E-state index is 14.1. The molecule has 1 N–H and O–H groups in total. The molecule has 3 aromatic rings. The molecule has 0 unspecified atom stereocenters. The highest BCUT2D eigenvalue weighted by Gasteiger charge is 2.34. The molecular weight excluding hydrogens is 529 g/mol. The Labute approximate surface area is 236 Å². The van der Waals surface area contributed by atoms with Crippen molar-refractivity contribution < 1.29 is 22.4 Å². The van der Waals surface area contributed by atoms with E-state index < -0.39 is 34.3 Å². The summed E-state index contributed by atoms with van der Waals surface area (Å²) in [4.78, 5) is 29.0. The number of carbonyl (C=O) groups is 2. The molecule has 1 atom stereocenters. The number of aryl methyl sites for hydroxylation is 1. The van der Waals surface area contributed by atoms with Crippen molar-refractivity contribution in [1.82, 2.24) is 10.2 Å². The van der Waals surface area contributed by atoms with Crippen LogP contribution in [0.2, 0.25) is 0 Å². The van der Waals surface area contributed by atoms with Crippen LogP contribution in [-0.4, -0.2) is 43.8 Å². The number of halogens is 1. The third-order valence-electron chi connectivity index (χ3n) is 7.29. The van der Waals surface area contributed by atoms with E-state index in [0.29, 0.717) is 6.42 Å². The minimum Gasteiger partial charge on any atom is -0.352 e. The molecule has 0 bridgehead atoms. The summed E-state index contributed by atoms with van der Waals surface area (Å²) in [6, 6.07) is 19.7. The molecule has 2 amide bonds. The van der Waals surface area contributed by atoms with Crippen molar-refractivity contribution in [3.8, 4) is 0 Å². The average Bonchev–Trinajstić information content (AvgIpc) is 3.46. The lowest BCUT2D eigenvalue weighted by molar-refractivity contribution is -0.140. The molecule has 0 spiro atoms. The van der Waals surface area contributed by atoms with Gasteiger partial charge in [-0.05, 0) is 68.1 Å². The van der Waals surface area contributed by atoms with Crippen molar-refractivity contribution >= 4 is 27.5 Å². The lowest BCUT2D eigenvalue weighted by atomic mass is 10.1. The van der Waals surface area contributed by atoms with Gasteiger partial charge in [-0.2, -0.15) is 0 Å². The minimum absolute atomic E-state index is 0.00299. The highest BCUT2D eigenvalue weighted by atomic mass is 32.2. The third-order valence-corrected chi connectivity index (χ3v) is 9.07. The Hall–Kier alpha value is -3.72. The van der Waals surface area contributed by atoms with Gasteiger partial charge in [0.2, 0.25) is 11.8 Å². The predicted molar refractivity (Wildman–Crippen MR) is 154 cm³/mol. The molecule has 1 aliphatic carbocycles. The largest absolute Gasteiger partial charge is 0.352 e. The molecule has 9 heteroatoms. The van der Waals surface area contributed by atoms with Crippen LogP contribution in [0.15, 0.2) is 83.8 Å². The van der Waals surface area contributed by atoms with Crippen LogP contribution >= 0.6 is 0 Å². The van der Waals surface area contributed by atoms with Crippen LogP contribution in [0.1, 0.15) is 50.2 Å². The second-order valence-corrected chi connectivity index (χ2v) is 12.1. The molecule has 1 saturated carbocycles. The lowest BCUT2D eigenvalue weighted by Gasteiger charge is -2.33. The van der Waals surface area contributed by atoms with Crippen LogP contribution in [0.4, 0.5) is 10.1 Å². The number of hydrogen-bond donors (Lipinski definition) is 1. The Kier molecular flexibility index (Phi) is 9.58. The standard InChI is InChI=1S/C31H36FN3O4S/c1-3-29(31(37)33-26-9-7-8-10-26)34(21-24-15-13-23(2)14-16-24)30(36)22-35(27-19-17-25(32)18-20-27)40(38,39)28-11-5-4-6-12-28/h4-6,11-20,26,29H,3,7-10,21-22H2,1-2H3,(H,33,37)/t29-/m0/s1. The smallest absolute Gasteiger partial charge is 0.264 e. The van der Waals surface area contributed by atoms with Crippen LogP contribution in [0.5, 0.6) is 0 Å². The summed E-state index contributed by atoms with van der Waals surface area (Å²) in [7, 11) is -4.18. The SMILES string of the molecule is CC[C@@H](C(=O)NC1CCCC1)N(Cc1ccc(C)cc1)C(=O)CN(c1ccc(F)cc1)S(=O)(=O)c1ccccc1. The predicted octanol–water partition coefficient (Wildman–Crippen LogP) is 5.20. The summed E-state index contributed by atoms with van der Waals surface area (Å²) < 4.78 is 42.2. The molecule has 3 aromatic carbocycles. The van der Waals surface area contributed by atoms with Gasteiger partial charge in [-0.3, -0.25) is 13.9 Å². The van der Waals surface area contributed by atoms with Crippen molar-refractivity contribution in [3.63, 3.8) is 0 Å². The third kappa shape index (κ3) is 7.07. The van der Waals surface area contributed by atoms with Gasteiger partial charge in [0.05, 0.1) is 10.6 Å². The van der Waals surface area contributed by atoms with E-state index >= 15 is 0 Å². The van der Waals surface area contributed by atoms with Gasteiger partial charge in [0.15, 0.2) is 0 Å². The molecule has 212 valence electrons. The number of anilines is 1. The monoisotopic (exact) mass is 565 g/mol. The van der Waals surface area contributed by atoms with Crippen LogP contribution < -0.4 is 9.62 Å². The topological polar surface area (TPSA) is 86.8 Å². The zero-order valence-electron chi connectivity index (χ0n) is 22.9. The Morgan fingerprint density at radius 1 is 0.950 bits per heavy atom. The zero-order valence-corrected chi connectivity index (χ0v) is 23.7. The summed E-state index contributed by atoms with van der Waals surface area (Å²) in [5.74, 6) is -1.30. The second-order valence-electron chi connectivity index (χ2n) is 10.2. The van der Waals surface area contributed by atoms with Crippen molar-refractivity contribution in [2.24, 2.45) is 0 Å². The van der Waals surface area contributed by atoms with Gasteiger partial charge < -0.3 is 10.2 Å². The summed E-state index contributed by atoms with van der Waals surface area (Å²) in [6.07, 6.45) is 4.27. The Morgan fingerprint density at radius 3 is 2.17 bits per heavy atom. The number of rotatable bonds is 11. The number of benzene rings is 3. The van der Waals surface area contributed by atoms with E-state index in [0.717, 1.165) is 53.2 Å². The van der Waals surface area contributed by atoms with Gasteiger partial charge in [-0.15, -0.1) is 0 Å². The quantitative estimate of drug-likeness (QED) is 0.347. The van der Waals surface area contributed by atoms with Gasteiger partial charge in [-0.1, -0.05) is 67.8 Å². The maximum Gasteiger partial charge on any atom is 0.264 e. The van der Waals surface area contributed by atoms with Gasteiger partial charge in [0.25, 0.3) is 10.0 Å². The van der Waals surface area contributed by atoms with E-state index in [9.17, 15) is 22.4 Å². The summed E-state index contributed by atoms with van der Waals surface area (Å²) in [5.41, 5.74) is 2.03. The lowest BCUT2D eigenvalue weighted by Crippen LogP contribution is -2.53. The van der Waals surface area contributed by atoms with Gasteiger partial charge >= 0.3 is 0 Å². The van der Waals surface area contributed by atoms with E-state index in [1.165, 1.54) is 29.2 Å². The number of amides is 2. The summed E-state index contributed by atoms with van der Waals surface area (Å²) in [5, 5.41) is 3.10. The van der Waals surface area contributed by atoms with E-state index in [1.807, 2.05) is 38.1 Å². The molecule has 1 aliphatic rings. The first-order chi connectivity index (χ1) is 19.2. The molecule has 7 nitrogen and oxygen atoms in total. The normalized spacial score (nSPS) is 14.5. The summed E-state index contributed by atoms with van der Waals surface area (Å²) >= 11 is 0. The average molecular weight is 566 g/mol. The van der Waals surface area contributed by atoms with E-state index in [-0.39, 0.29) is 29.1 Å². The van der Waals surface area contributed by atoms with Crippen molar-refractivity contribution in [3.05, 3.63) is 95.8 Å². The van der Waals surface area contributed by atoms with Gasteiger partial charge in [0, 0.05) is 12.6 Å². The second kappa shape index (κ2) is 13.1. The Balaban J connectivity index is 1.69. The van der Waals surface area contributed by atoms with Crippen molar-refractivity contribution in [2.45, 2.75) is 69.5 Å². The molecule has 0 aromatic heterocycles. The molecule has 0 aliphatic heterocycles. The van der Waals surface area contributed by atoms with Gasteiger partial charge in [0.1, 0.15) is 18.4 Å². The van der Waals surface area contributed by atoms with E-state index in [1.54, 1.807) is 18.2 Å². The number of carbonyl (C=O) groups excluding carboxylic acids is 2. The molecule has 1 fully saturated rings. The fourth-order valence-corrected chi connectivity index (χ4v) is 6.47. The highest BCUT2D eigenvalue weighted by Crippen LogP contribution is 2.25. The molecule has 0 radical (unpaired) electrons. The first-order valence-electron chi connectivity index (χ1n) is 13.7. The number of nitrogens with one attached hydrogen (secondary N) is 1. The fourth-order valence-electron chi connectivity index (χ4n) is 5.03. The van der Waals surface area contributed by atoms with Crippen LogP contribution in [0.3, 0.4) is 0 Å².